The monoisotopic (exact) mass is 470 g/mol. The zero-order valence-electron chi connectivity index (χ0n) is 16.6. The van der Waals surface area contributed by atoms with Crippen LogP contribution in [0.1, 0.15) is 18.4 Å². The minimum atomic E-state index is -4.86. The van der Waals surface area contributed by atoms with Crippen LogP contribution in [0.3, 0.4) is 0 Å². The Kier molecular flexibility index (Phi) is 5.03. The lowest BCUT2D eigenvalue weighted by Crippen LogP contribution is -2.36. The van der Waals surface area contributed by atoms with Crippen LogP contribution in [0.2, 0.25) is 0 Å². The first-order chi connectivity index (χ1) is 14.9. The van der Waals surface area contributed by atoms with Gasteiger partial charge in [0.05, 0.1) is 11.9 Å². The van der Waals surface area contributed by atoms with Crippen molar-refractivity contribution >= 4 is 33.5 Å². The molecule has 1 aromatic carbocycles. The van der Waals surface area contributed by atoms with Crippen molar-refractivity contribution in [2.24, 2.45) is 0 Å². The minimum absolute atomic E-state index is 0.0251. The molecule has 1 spiro atoms. The van der Waals surface area contributed by atoms with Crippen LogP contribution in [0.4, 0.5) is 29.5 Å². The number of benzene rings is 1. The van der Waals surface area contributed by atoms with E-state index in [1.165, 1.54) is 29.3 Å². The molecule has 170 valence electrons. The van der Waals surface area contributed by atoms with Gasteiger partial charge in [-0.15, -0.1) is 13.2 Å². The summed E-state index contributed by atoms with van der Waals surface area (Å²) in [6.45, 7) is 0.0251. The summed E-state index contributed by atoms with van der Waals surface area (Å²) < 4.78 is 66.0. The number of carbonyl (C=O) groups is 2. The molecule has 1 aromatic heterocycles. The molecule has 0 radical (unpaired) electrons. The fraction of sp³-hybridized carbons (Fsp3) is 0.316. The highest BCUT2D eigenvalue weighted by Gasteiger charge is 2.65. The fourth-order valence-electron chi connectivity index (χ4n) is 3.56. The van der Waals surface area contributed by atoms with Gasteiger partial charge in [-0.05, 0) is 54.8 Å². The lowest BCUT2D eigenvalue weighted by atomic mass is 10.2. The minimum Gasteiger partial charge on any atom is -0.406 e. The molecule has 1 saturated heterocycles. The van der Waals surface area contributed by atoms with Gasteiger partial charge in [-0.1, -0.05) is 0 Å². The Morgan fingerprint density at radius 2 is 1.81 bits per heavy atom. The lowest BCUT2D eigenvalue weighted by molar-refractivity contribution is -0.274. The first kappa shape index (κ1) is 21.9. The van der Waals surface area contributed by atoms with Gasteiger partial charge in [0.25, 0.3) is 5.91 Å². The highest BCUT2D eigenvalue weighted by atomic mass is 32.2. The number of pyridine rings is 1. The van der Waals surface area contributed by atoms with Crippen molar-refractivity contribution in [2.45, 2.75) is 31.3 Å². The number of imide groups is 1. The maximum Gasteiger partial charge on any atom is 0.573 e. The smallest absolute Gasteiger partial charge is 0.406 e. The normalized spacial score (nSPS) is 17.8. The van der Waals surface area contributed by atoms with Crippen molar-refractivity contribution < 1.29 is 35.9 Å². The number of halogens is 3. The summed E-state index contributed by atoms with van der Waals surface area (Å²) in [6.07, 6.45) is -1.61. The van der Waals surface area contributed by atoms with E-state index in [9.17, 15) is 31.2 Å². The first-order valence-corrected chi connectivity index (χ1v) is 11.2. The zero-order valence-corrected chi connectivity index (χ0v) is 17.4. The fourth-order valence-corrected chi connectivity index (χ4v) is 4.05. The molecule has 32 heavy (non-hydrogen) atoms. The van der Waals surface area contributed by atoms with E-state index >= 15 is 0 Å². The number of sulfonamides is 1. The van der Waals surface area contributed by atoms with Gasteiger partial charge in [0, 0.05) is 12.7 Å². The third kappa shape index (κ3) is 4.33. The van der Waals surface area contributed by atoms with Crippen molar-refractivity contribution in [1.82, 2.24) is 9.88 Å². The maximum absolute atomic E-state index is 13.1. The topological polar surface area (TPSA) is 109 Å². The van der Waals surface area contributed by atoms with Crippen LogP contribution >= 0.6 is 0 Å². The molecule has 1 N–H and O–H groups in total. The second-order valence-electron chi connectivity index (χ2n) is 7.51. The van der Waals surface area contributed by atoms with Crippen LogP contribution in [0, 0.1) is 0 Å². The Morgan fingerprint density at radius 1 is 1.16 bits per heavy atom. The summed E-state index contributed by atoms with van der Waals surface area (Å²) in [5.41, 5.74) is -0.349. The molecule has 2 fully saturated rings. The van der Waals surface area contributed by atoms with Gasteiger partial charge in [0.2, 0.25) is 10.0 Å². The summed E-state index contributed by atoms with van der Waals surface area (Å²) >= 11 is 0. The first-order valence-electron chi connectivity index (χ1n) is 9.33. The van der Waals surface area contributed by atoms with E-state index in [1.54, 1.807) is 6.07 Å². The number of amides is 3. The number of alkyl halides is 3. The largest absolute Gasteiger partial charge is 0.573 e. The third-order valence-electron chi connectivity index (χ3n) is 5.05. The van der Waals surface area contributed by atoms with Crippen molar-refractivity contribution in [2.75, 3.05) is 15.9 Å². The molecule has 13 heteroatoms. The van der Waals surface area contributed by atoms with Crippen LogP contribution < -0.4 is 14.4 Å². The second kappa shape index (κ2) is 7.36. The molecule has 4 rings (SSSR count). The summed E-state index contributed by atoms with van der Waals surface area (Å²) in [7, 11) is -3.55. The standard InChI is InChI=1S/C19H17F3N4O5S/c1-32(29,30)24-15-10-12(6-9-23-15)11-25-17(28)26(16(27)18(25)7-8-18)13-2-4-14(5-3-13)31-19(20,21)22/h2-6,9-10H,7-8,11H2,1H3,(H,23,24). The maximum atomic E-state index is 13.1. The molecule has 1 aliphatic heterocycles. The predicted octanol–water partition coefficient (Wildman–Crippen LogP) is 2.85. The van der Waals surface area contributed by atoms with Crippen molar-refractivity contribution in [3.8, 4) is 5.75 Å². The summed E-state index contributed by atoms with van der Waals surface area (Å²) in [6, 6.07) is 6.89. The quantitative estimate of drug-likeness (QED) is 0.651. The number of anilines is 2. The van der Waals surface area contributed by atoms with E-state index in [4.69, 9.17) is 0 Å². The van der Waals surface area contributed by atoms with Crippen molar-refractivity contribution in [1.29, 1.82) is 0 Å². The van der Waals surface area contributed by atoms with Crippen molar-refractivity contribution in [3.05, 3.63) is 48.2 Å². The summed E-state index contributed by atoms with van der Waals surface area (Å²) in [5.74, 6) is -0.860. The molecule has 1 aliphatic carbocycles. The predicted molar refractivity (Wildman–Crippen MR) is 106 cm³/mol. The van der Waals surface area contributed by atoms with E-state index in [1.807, 2.05) is 0 Å². The number of nitrogens with one attached hydrogen (secondary N) is 1. The number of hydrogen-bond donors (Lipinski definition) is 1. The number of urea groups is 1. The number of ether oxygens (including phenoxy) is 1. The molecular formula is C19H17F3N4O5S. The van der Waals surface area contributed by atoms with Crippen molar-refractivity contribution in [3.63, 3.8) is 0 Å². The number of carbonyl (C=O) groups excluding carboxylic acids is 2. The molecule has 0 unspecified atom stereocenters. The van der Waals surface area contributed by atoms with E-state index in [2.05, 4.69) is 14.4 Å². The number of nitrogens with zero attached hydrogens (tertiary/aromatic N) is 3. The molecule has 0 atom stereocenters. The highest BCUT2D eigenvalue weighted by Crippen LogP contribution is 2.49. The lowest BCUT2D eigenvalue weighted by Gasteiger charge is -2.21. The Balaban J connectivity index is 1.57. The van der Waals surface area contributed by atoms with Gasteiger partial charge in [-0.25, -0.2) is 23.1 Å². The van der Waals surface area contributed by atoms with E-state index in [0.29, 0.717) is 18.4 Å². The van der Waals surface area contributed by atoms with Gasteiger partial charge in [0.1, 0.15) is 17.1 Å². The molecule has 9 nitrogen and oxygen atoms in total. The van der Waals surface area contributed by atoms with E-state index in [-0.39, 0.29) is 18.1 Å². The van der Waals surface area contributed by atoms with E-state index in [0.717, 1.165) is 23.3 Å². The van der Waals surface area contributed by atoms with Gasteiger partial charge < -0.3 is 9.64 Å². The molecule has 1 saturated carbocycles. The van der Waals surface area contributed by atoms with E-state index < -0.39 is 39.6 Å². The Hall–Kier alpha value is -3.35. The average molecular weight is 470 g/mol. The Labute approximate surface area is 180 Å². The van der Waals surface area contributed by atoms with Crippen LogP contribution in [0.5, 0.6) is 5.75 Å². The number of aromatic nitrogens is 1. The molecule has 2 heterocycles. The molecule has 3 amide bonds. The van der Waals surface area contributed by atoms with Crippen LogP contribution in [-0.4, -0.2) is 48.4 Å². The summed E-state index contributed by atoms with van der Waals surface area (Å²) in [5, 5.41) is 0. The number of hydrogen-bond acceptors (Lipinski definition) is 6. The van der Waals surface area contributed by atoms with Crippen LogP contribution in [-0.2, 0) is 21.4 Å². The summed E-state index contributed by atoms with van der Waals surface area (Å²) in [4.78, 5) is 32.3. The molecule has 2 aliphatic rings. The van der Waals surface area contributed by atoms with Crippen LogP contribution in [0.25, 0.3) is 0 Å². The van der Waals surface area contributed by atoms with Gasteiger partial charge >= 0.3 is 12.4 Å². The average Bonchev–Trinajstić information content (AvgIpc) is 3.43. The van der Waals surface area contributed by atoms with Gasteiger partial charge in [0.15, 0.2) is 0 Å². The Morgan fingerprint density at radius 3 is 2.38 bits per heavy atom. The second-order valence-corrected chi connectivity index (χ2v) is 9.25. The Bertz CT molecular complexity index is 1180. The molecule has 0 bridgehead atoms. The van der Waals surface area contributed by atoms with Gasteiger partial charge in [-0.2, -0.15) is 0 Å². The third-order valence-corrected chi connectivity index (χ3v) is 5.63. The van der Waals surface area contributed by atoms with Gasteiger partial charge in [-0.3, -0.25) is 9.52 Å². The molecular weight excluding hydrogens is 453 g/mol. The SMILES string of the molecule is CS(=O)(=O)Nc1cc(CN2C(=O)N(c3ccc(OC(F)(F)F)cc3)C(=O)C23CC3)ccn1. The zero-order chi connectivity index (χ0) is 23.3. The highest BCUT2D eigenvalue weighted by molar-refractivity contribution is 7.92. The number of rotatable bonds is 6. The van der Waals surface area contributed by atoms with Crippen LogP contribution in [0.15, 0.2) is 42.6 Å². The molecule has 2 aromatic rings.